The Balaban J connectivity index is 1.56. The molecule has 2 atom stereocenters. The number of rotatable bonds is 2. The van der Waals surface area contributed by atoms with Crippen LogP contribution in [0.3, 0.4) is 0 Å². The Morgan fingerprint density at radius 3 is 3.05 bits per heavy atom. The number of likely N-dealkylation sites (tertiary alicyclic amines) is 1. The second-order valence-electron chi connectivity index (χ2n) is 6.57. The first-order valence-electron chi connectivity index (χ1n) is 8.19. The molecular formula is C17H22N4O. The molecule has 1 amide bonds. The summed E-state index contributed by atoms with van der Waals surface area (Å²) in [6, 6.07) is 6.39. The van der Waals surface area contributed by atoms with Crippen LogP contribution in [0, 0.1) is 6.92 Å². The molecule has 0 unspecified atom stereocenters. The molecule has 2 fully saturated rings. The first-order valence-corrected chi connectivity index (χ1v) is 8.19. The zero-order valence-corrected chi connectivity index (χ0v) is 12.9. The van der Waals surface area contributed by atoms with Gasteiger partial charge in [0.1, 0.15) is 5.82 Å². The van der Waals surface area contributed by atoms with Gasteiger partial charge in [-0.2, -0.15) is 0 Å². The van der Waals surface area contributed by atoms with Crippen molar-refractivity contribution in [2.24, 2.45) is 0 Å². The second-order valence-corrected chi connectivity index (χ2v) is 6.57. The molecule has 2 saturated heterocycles. The Hall–Kier alpha value is -1.88. The summed E-state index contributed by atoms with van der Waals surface area (Å²) in [6.45, 7) is 4.86. The molecule has 22 heavy (non-hydrogen) atoms. The van der Waals surface area contributed by atoms with Crippen molar-refractivity contribution >= 4 is 16.9 Å². The average Bonchev–Trinajstić information content (AvgIpc) is 3.13. The van der Waals surface area contributed by atoms with E-state index in [1.807, 2.05) is 0 Å². The van der Waals surface area contributed by atoms with Gasteiger partial charge in [-0.3, -0.25) is 9.69 Å². The molecule has 116 valence electrons. The van der Waals surface area contributed by atoms with Gasteiger partial charge in [0.15, 0.2) is 0 Å². The van der Waals surface area contributed by atoms with Crippen LogP contribution in [0.25, 0.3) is 11.0 Å². The lowest BCUT2D eigenvalue weighted by Crippen LogP contribution is -2.45. The standard InChI is InChI=1S/C17H22N4O/c1-11-4-5-13-14(9-11)20-16(19-13)12-3-2-8-21(10-12)15-6-7-18-17(15)22/h4-5,9,12,15H,2-3,6-8,10H2,1H3,(H,18,22)(H,19,20)/t12-,15-/m1/s1. The molecule has 5 heteroatoms. The Kier molecular flexibility index (Phi) is 3.37. The fourth-order valence-corrected chi connectivity index (χ4v) is 3.78. The maximum absolute atomic E-state index is 11.9. The van der Waals surface area contributed by atoms with Crippen LogP contribution in [-0.2, 0) is 4.79 Å². The quantitative estimate of drug-likeness (QED) is 0.890. The summed E-state index contributed by atoms with van der Waals surface area (Å²) in [5.74, 6) is 1.67. The van der Waals surface area contributed by atoms with E-state index in [4.69, 9.17) is 4.98 Å². The van der Waals surface area contributed by atoms with Crippen LogP contribution in [0.4, 0.5) is 0 Å². The molecule has 5 nitrogen and oxygen atoms in total. The van der Waals surface area contributed by atoms with Crippen molar-refractivity contribution in [3.8, 4) is 0 Å². The lowest BCUT2D eigenvalue weighted by molar-refractivity contribution is -0.124. The Morgan fingerprint density at radius 2 is 2.23 bits per heavy atom. The molecule has 2 aliphatic heterocycles. The number of piperidine rings is 1. The maximum Gasteiger partial charge on any atom is 0.237 e. The molecule has 0 aliphatic carbocycles. The maximum atomic E-state index is 11.9. The van der Waals surface area contributed by atoms with Crippen molar-refractivity contribution in [1.29, 1.82) is 0 Å². The van der Waals surface area contributed by atoms with Crippen molar-refractivity contribution in [3.05, 3.63) is 29.6 Å². The number of imidazole rings is 1. The van der Waals surface area contributed by atoms with Gasteiger partial charge in [-0.25, -0.2) is 4.98 Å². The summed E-state index contributed by atoms with van der Waals surface area (Å²) < 4.78 is 0. The van der Waals surface area contributed by atoms with Gasteiger partial charge in [-0.1, -0.05) is 6.07 Å². The SMILES string of the molecule is Cc1ccc2nc([C@@H]3CCCN([C@@H]4CCNC4=O)C3)[nH]c2c1. The van der Waals surface area contributed by atoms with E-state index in [9.17, 15) is 4.79 Å². The van der Waals surface area contributed by atoms with Crippen LogP contribution in [0.1, 0.15) is 36.6 Å². The zero-order chi connectivity index (χ0) is 15.1. The lowest BCUT2D eigenvalue weighted by Gasteiger charge is -2.34. The highest BCUT2D eigenvalue weighted by molar-refractivity contribution is 5.83. The summed E-state index contributed by atoms with van der Waals surface area (Å²) in [7, 11) is 0. The Bertz CT molecular complexity index is 708. The molecule has 4 rings (SSSR count). The van der Waals surface area contributed by atoms with E-state index in [2.05, 4.69) is 40.3 Å². The van der Waals surface area contributed by atoms with Crippen LogP contribution in [0.2, 0.25) is 0 Å². The molecular weight excluding hydrogens is 276 g/mol. The smallest absolute Gasteiger partial charge is 0.237 e. The number of hydrogen-bond acceptors (Lipinski definition) is 3. The van der Waals surface area contributed by atoms with Crippen LogP contribution in [0.15, 0.2) is 18.2 Å². The van der Waals surface area contributed by atoms with Crippen molar-refractivity contribution < 1.29 is 4.79 Å². The van der Waals surface area contributed by atoms with E-state index in [0.29, 0.717) is 5.92 Å². The molecule has 1 aromatic carbocycles. The topological polar surface area (TPSA) is 61.0 Å². The van der Waals surface area contributed by atoms with Gasteiger partial charge in [0.25, 0.3) is 0 Å². The molecule has 2 aliphatic rings. The minimum absolute atomic E-state index is 0.0643. The highest BCUT2D eigenvalue weighted by atomic mass is 16.2. The summed E-state index contributed by atoms with van der Waals surface area (Å²) in [4.78, 5) is 22.5. The van der Waals surface area contributed by atoms with Gasteiger partial charge < -0.3 is 10.3 Å². The average molecular weight is 298 g/mol. The van der Waals surface area contributed by atoms with Gasteiger partial charge in [0, 0.05) is 19.0 Å². The van der Waals surface area contributed by atoms with Gasteiger partial charge in [0.05, 0.1) is 17.1 Å². The fourth-order valence-electron chi connectivity index (χ4n) is 3.78. The van der Waals surface area contributed by atoms with Crippen molar-refractivity contribution in [1.82, 2.24) is 20.2 Å². The summed E-state index contributed by atoms with van der Waals surface area (Å²) in [5.41, 5.74) is 3.40. The molecule has 3 heterocycles. The minimum atomic E-state index is 0.0643. The van der Waals surface area contributed by atoms with Gasteiger partial charge in [-0.15, -0.1) is 0 Å². The van der Waals surface area contributed by atoms with E-state index < -0.39 is 0 Å². The van der Waals surface area contributed by atoms with Crippen LogP contribution in [-0.4, -0.2) is 46.5 Å². The highest BCUT2D eigenvalue weighted by Crippen LogP contribution is 2.29. The third-order valence-corrected chi connectivity index (χ3v) is 4.96. The zero-order valence-electron chi connectivity index (χ0n) is 12.9. The number of amides is 1. The van der Waals surface area contributed by atoms with E-state index in [-0.39, 0.29) is 11.9 Å². The largest absolute Gasteiger partial charge is 0.355 e. The first kappa shape index (κ1) is 13.8. The fraction of sp³-hybridized carbons (Fsp3) is 0.529. The summed E-state index contributed by atoms with van der Waals surface area (Å²) in [6.07, 6.45) is 3.21. The molecule has 2 aromatic rings. The second kappa shape index (κ2) is 5.39. The lowest BCUT2D eigenvalue weighted by atomic mass is 9.95. The first-order chi connectivity index (χ1) is 10.7. The number of nitrogens with zero attached hydrogens (tertiary/aromatic N) is 2. The molecule has 0 bridgehead atoms. The predicted octanol–water partition coefficient (Wildman–Crippen LogP) is 1.94. The van der Waals surface area contributed by atoms with Crippen LogP contribution < -0.4 is 5.32 Å². The third-order valence-electron chi connectivity index (χ3n) is 4.96. The Morgan fingerprint density at radius 1 is 1.32 bits per heavy atom. The normalized spacial score (nSPS) is 26.5. The number of aromatic amines is 1. The number of fused-ring (bicyclic) bond motifs is 1. The van der Waals surface area contributed by atoms with Crippen LogP contribution >= 0.6 is 0 Å². The number of hydrogen-bond donors (Lipinski definition) is 2. The number of carbonyl (C=O) groups excluding carboxylic acids is 1. The van der Waals surface area contributed by atoms with E-state index >= 15 is 0 Å². The number of H-pyrrole nitrogens is 1. The summed E-state index contributed by atoms with van der Waals surface area (Å²) >= 11 is 0. The van der Waals surface area contributed by atoms with Gasteiger partial charge in [-0.05, 0) is 50.4 Å². The highest BCUT2D eigenvalue weighted by Gasteiger charge is 2.34. The molecule has 0 radical (unpaired) electrons. The third kappa shape index (κ3) is 2.39. The van der Waals surface area contributed by atoms with Crippen molar-refractivity contribution in [2.45, 2.75) is 38.1 Å². The molecule has 0 saturated carbocycles. The minimum Gasteiger partial charge on any atom is -0.355 e. The molecule has 0 spiro atoms. The summed E-state index contributed by atoms with van der Waals surface area (Å²) in [5, 5.41) is 2.95. The Labute approximate surface area is 130 Å². The van der Waals surface area contributed by atoms with Crippen molar-refractivity contribution in [3.63, 3.8) is 0 Å². The number of aryl methyl sites for hydroxylation is 1. The van der Waals surface area contributed by atoms with E-state index in [1.54, 1.807) is 0 Å². The molecule has 1 aromatic heterocycles. The van der Waals surface area contributed by atoms with E-state index in [1.165, 1.54) is 5.56 Å². The van der Waals surface area contributed by atoms with E-state index in [0.717, 1.165) is 55.8 Å². The monoisotopic (exact) mass is 298 g/mol. The number of aromatic nitrogens is 2. The number of benzene rings is 1. The van der Waals surface area contributed by atoms with Crippen LogP contribution in [0.5, 0.6) is 0 Å². The van der Waals surface area contributed by atoms with Crippen molar-refractivity contribution in [2.75, 3.05) is 19.6 Å². The predicted molar refractivity (Wildman–Crippen MR) is 85.8 cm³/mol. The number of carbonyl (C=O) groups is 1. The molecule has 2 N–H and O–H groups in total. The van der Waals surface area contributed by atoms with Gasteiger partial charge >= 0.3 is 0 Å². The number of nitrogens with one attached hydrogen (secondary N) is 2. The van der Waals surface area contributed by atoms with Gasteiger partial charge in [0.2, 0.25) is 5.91 Å².